The largest absolute Gasteiger partial charge is 0.376 e. The minimum absolute atomic E-state index is 0.169. The Morgan fingerprint density at radius 1 is 1.10 bits per heavy atom. The first kappa shape index (κ1) is 14.9. The van der Waals surface area contributed by atoms with Crippen molar-refractivity contribution in [2.75, 3.05) is 5.32 Å². The van der Waals surface area contributed by atoms with E-state index in [9.17, 15) is 13.2 Å². The third-order valence-electron chi connectivity index (χ3n) is 3.00. The molecule has 0 aromatic heterocycles. The van der Waals surface area contributed by atoms with E-state index in [1.807, 2.05) is 31.2 Å². The molecule has 106 valence electrons. The van der Waals surface area contributed by atoms with Gasteiger partial charge in [0.1, 0.15) is 5.82 Å². The number of halogens is 4. The van der Waals surface area contributed by atoms with Gasteiger partial charge in [-0.3, -0.25) is 0 Å². The van der Waals surface area contributed by atoms with Gasteiger partial charge in [0.05, 0.1) is 11.7 Å². The van der Waals surface area contributed by atoms with Gasteiger partial charge in [0.15, 0.2) is 11.6 Å². The number of hydrogen-bond donors (Lipinski definition) is 1. The SMILES string of the molecule is CCC(Nc1cc(F)cc(F)c1F)c1ccc(Br)cc1. The lowest BCUT2D eigenvalue weighted by atomic mass is 10.0. The van der Waals surface area contributed by atoms with Crippen LogP contribution in [-0.4, -0.2) is 0 Å². The van der Waals surface area contributed by atoms with Crippen LogP contribution in [0.1, 0.15) is 24.9 Å². The zero-order valence-electron chi connectivity index (χ0n) is 10.8. The van der Waals surface area contributed by atoms with Gasteiger partial charge < -0.3 is 5.32 Å². The second-order valence-corrected chi connectivity index (χ2v) is 5.32. The van der Waals surface area contributed by atoms with Crippen LogP contribution in [-0.2, 0) is 0 Å². The van der Waals surface area contributed by atoms with Gasteiger partial charge in [-0.05, 0) is 24.1 Å². The molecule has 0 saturated carbocycles. The summed E-state index contributed by atoms with van der Waals surface area (Å²) in [5, 5.41) is 2.84. The molecule has 0 aliphatic rings. The number of nitrogens with one attached hydrogen (secondary N) is 1. The summed E-state index contributed by atoms with van der Waals surface area (Å²) >= 11 is 3.33. The Morgan fingerprint density at radius 3 is 2.35 bits per heavy atom. The van der Waals surface area contributed by atoms with Crippen molar-refractivity contribution in [2.45, 2.75) is 19.4 Å². The molecule has 1 N–H and O–H groups in total. The van der Waals surface area contributed by atoms with E-state index in [-0.39, 0.29) is 11.7 Å². The van der Waals surface area contributed by atoms with Crippen LogP contribution in [0.15, 0.2) is 40.9 Å². The topological polar surface area (TPSA) is 12.0 Å². The zero-order chi connectivity index (χ0) is 14.7. The number of hydrogen-bond acceptors (Lipinski definition) is 1. The highest BCUT2D eigenvalue weighted by Gasteiger charge is 2.15. The lowest BCUT2D eigenvalue weighted by Crippen LogP contribution is -2.11. The van der Waals surface area contributed by atoms with Crippen molar-refractivity contribution in [1.29, 1.82) is 0 Å². The van der Waals surface area contributed by atoms with Crippen molar-refractivity contribution in [2.24, 2.45) is 0 Å². The Balaban J connectivity index is 2.29. The maximum Gasteiger partial charge on any atom is 0.182 e. The minimum atomic E-state index is -1.20. The maximum atomic E-state index is 13.6. The Kier molecular flexibility index (Phi) is 4.70. The average Bonchev–Trinajstić information content (AvgIpc) is 2.42. The van der Waals surface area contributed by atoms with Crippen LogP contribution < -0.4 is 5.32 Å². The summed E-state index contributed by atoms with van der Waals surface area (Å²) in [7, 11) is 0. The first-order valence-electron chi connectivity index (χ1n) is 6.17. The summed E-state index contributed by atoms with van der Waals surface area (Å²) in [6, 6.07) is 8.74. The molecule has 20 heavy (non-hydrogen) atoms. The summed E-state index contributed by atoms with van der Waals surface area (Å²) in [5.74, 6) is -3.07. The van der Waals surface area contributed by atoms with Crippen LogP contribution in [0.5, 0.6) is 0 Å². The summed E-state index contributed by atoms with van der Waals surface area (Å²) in [4.78, 5) is 0. The first-order valence-corrected chi connectivity index (χ1v) is 6.97. The van der Waals surface area contributed by atoms with Gasteiger partial charge in [0, 0.05) is 16.6 Å². The van der Waals surface area contributed by atoms with Gasteiger partial charge in [-0.2, -0.15) is 0 Å². The third-order valence-corrected chi connectivity index (χ3v) is 3.53. The Hall–Kier alpha value is -1.49. The van der Waals surface area contributed by atoms with E-state index in [2.05, 4.69) is 21.2 Å². The van der Waals surface area contributed by atoms with Crippen molar-refractivity contribution >= 4 is 21.6 Å². The molecule has 0 amide bonds. The smallest absolute Gasteiger partial charge is 0.182 e. The number of anilines is 1. The Labute approximate surface area is 123 Å². The average molecular weight is 344 g/mol. The second kappa shape index (κ2) is 6.31. The van der Waals surface area contributed by atoms with Gasteiger partial charge in [0.25, 0.3) is 0 Å². The maximum absolute atomic E-state index is 13.6. The fourth-order valence-corrected chi connectivity index (χ4v) is 2.23. The van der Waals surface area contributed by atoms with Crippen LogP contribution in [0.2, 0.25) is 0 Å². The highest BCUT2D eigenvalue weighted by molar-refractivity contribution is 9.10. The molecule has 1 unspecified atom stereocenters. The predicted molar refractivity (Wildman–Crippen MR) is 77.1 cm³/mol. The Bertz CT molecular complexity index is 599. The lowest BCUT2D eigenvalue weighted by molar-refractivity contribution is 0.496. The van der Waals surface area contributed by atoms with Gasteiger partial charge in [0.2, 0.25) is 0 Å². The monoisotopic (exact) mass is 343 g/mol. The van der Waals surface area contributed by atoms with Crippen LogP contribution in [0.4, 0.5) is 18.9 Å². The summed E-state index contributed by atoms with van der Waals surface area (Å²) < 4.78 is 40.9. The normalized spacial score (nSPS) is 12.2. The van der Waals surface area contributed by atoms with Gasteiger partial charge in [-0.25, -0.2) is 13.2 Å². The molecule has 2 rings (SSSR count). The second-order valence-electron chi connectivity index (χ2n) is 4.41. The molecule has 1 nitrogen and oxygen atoms in total. The molecular formula is C15H13BrF3N. The molecule has 1 atom stereocenters. The summed E-state index contributed by atoms with van der Waals surface area (Å²) in [6.07, 6.45) is 0.652. The fourth-order valence-electron chi connectivity index (χ4n) is 1.96. The standard InChI is InChI=1S/C15H13BrF3N/c1-2-13(9-3-5-10(16)6-4-9)20-14-8-11(17)7-12(18)15(14)19/h3-8,13,20H,2H2,1H3. The number of benzene rings is 2. The number of rotatable bonds is 4. The molecule has 0 aliphatic carbocycles. The molecule has 5 heteroatoms. The molecule has 2 aromatic rings. The molecule has 2 aromatic carbocycles. The summed E-state index contributed by atoms with van der Waals surface area (Å²) in [5.41, 5.74) is 0.747. The minimum Gasteiger partial charge on any atom is -0.376 e. The first-order chi connectivity index (χ1) is 9.51. The van der Waals surface area contributed by atoms with Gasteiger partial charge in [-0.1, -0.05) is 35.0 Å². The molecule has 0 fully saturated rings. The van der Waals surface area contributed by atoms with Crippen molar-refractivity contribution in [3.63, 3.8) is 0 Å². The highest BCUT2D eigenvalue weighted by Crippen LogP contribution is 2.27. The molecule has 0 heterocycles. The lowest BCUT2D eigenvalue weighted by Gasteiger charge is -2.19. The van der Waals surface area contributed by atoms with Crippen LogP contribution in [0.25, 0.3) is 0 Å². The van der Waals surface area contributed by atoms with Crippen molar-refractivity contribution in [3.05, 3.63) is 63.9 Å². The van der Waals surface area contributed by atoms with E-state index in [0.29, 0.717) is 12.5 Å². The van der Waals surface area contributed by atoms with E-state index in [1.165, 1.54) is 0 Å². The zero-order valence-corrected chi connectivity index (χ0v) is 12.3. The third kappa shape index (κ3) is 3.33. The van der Waals surface area contributed by atoms with E-state index < -0.39 is 17.5 Å². The van der Waals surface area contributed by atoms with Crippen molar-refractivity contribution < 1.29 is 13.2 Å². The predicted octanol–water partition coefficient (Wildman–Crippen LogP) is 5.43. The fraction of sp³-hybridized carbons (Fsp3) is 0.200. The molecular weight excluding hydrogens is 331 g/mol. The van der Waals surface area contributed by atoms with Crippen molar-refractivity contribution in [1.82, 2.24) is 0 Å². The summed E-state index contributed by atoms with van der Waals surface area (Å²) in [6.45, 7) is 1.91. The van der Waals surface area contributed by atoms with Crippen LogP contribution in [0.3, 0.4) is 0 Å². The van der Waals surface area contributed by atoms with E-state index in [4.69, 9.17) is 0 Å². The Morgan fingerprint density at radius 2 is 1.75 bits per heavy atom. The molecule has 0 saturated heterocycles. The van der Waals surface area contributed by atoms with Crippen LogP contribution >= 0.6 is 15.9 Å². The van der Waals surface area contributed by atoms with Gasteiger partial charge >= 0.3 is 0 Å². The molecule has 0 aliphatic heterocycles. The highest BCUT2D eigenvalue weighted by atomic mass is 79.9. The van der Waals surface area contributed by atoms with E-state index in [0.717, 1.165) is 16.1 Å². The molecule has 0 radical (unpaired) electrons. The molecule has 0 spiro atoms. The van der Waals surface area contributed by atoms with Crippen LogP contribution in [0, 0.1) is 17.5 Å². The quantitative estimate of drug-likeness (QED) is 0.730. The molecule has 0 bridgehead atoms. The van der Waals surface area contributed by atoms with Crippen molar-refractivity contribution in [3.8, 4) is 0 Å². The van der Waals surface area contributed by atoms with Gasteiger partial charge in [-0.15, -0.1) is 0 Å². The van der Waals surface area contributed by atoms with E-state index in [1.54, 1.807) is 0 Å². The van der Waals surface area contributed by atoms with E-state index >= 15 is 0 Å².